The van der Waals surface area contributed by atoms with Crippen molar-refractivity contribution in [3.63, 3.8) is 0 Å². The van der Waals surface area contributed by atoms with E-state index in [0.29, 0.717) is 0 Å². The van der Waals surface area contributed by atoms with Gasteiger partial charge in [0.05, 0.1) is 23.6 Å². The maximum absolute atomic E-state index is 9.25. The van der Waals surface area contributed by atoms with Gasteiger partial charge >= 0.3 is 0 Å². The van der Waals surface area contributed by atoms with Gasteiger partial charge in [-0.25, -0.2) is 9.55 Å². The smallest absolute Gasteiger partial charge is 0.296 e. The van der Waals surface area contributed by atoms with Crippen LogP contribution in [-0.4, -0.2) is 14.1 Å². The molecule has 4 heteroatoms. The van der Waals surface area contributed by atoms with Crippen LogP contribution in [0.25, 0.3) is 45.4 Å². The molecule has 0 N–H and O–H groups in total. The Bertz CT molecular complexity index is 1720. The van der Waals surface area contributed by atoms with Crippen LogP contribution in [0.2, 0.25) is 0 Å². The van der Waals surface area contributed by atoms with Gasteiger partial charge in [0.15, 0.2) is 0 Å². The lowest BCUT2D eigenvalue weighted by molar-refractivity contribution is -0.659. The highest BCUT2D eigenvalue weighted by Crippen LogP contribution is 2.39. The maximum Gasteiger partial charge on any atom is 0.296 e. The molecule has 0 saturated heterocycles. The zero-order chi connectivity index (χ0) is 27.7. The van der Waals surface area contributed by atoms with Crippen molar-refractivity contribution in [2.24, 2.45) is 7.05 Å². The third kappa shape index (κ3) is 3.74. The lowest BCUT2D eigenvalue weighted by atomic mass is 9.88. The van der Waals surface area contributed by atoms with Crippen molar-refractivity contribution in [3.8, 4) is 28.2 Å². The SMILES string of the molecule is [2H]C(C)(C)c1cc(-c2ccccc2)cc(C([2H])(C)C)c1-n1cc[n+](C)c1-c1c(C)ccc2nc3n(c12)C=CC3. The van der Waals surface area contributed by atoms with Gasteiger partial charge in [-0.05, 0) is 53.6 Å². The first-order chi connectivity index (χ1) is 18.4. The molecule has 0 fully saturated rings. The number of rotatable bonds is 5. The summed E-state index contributed by atoms with van der Waals surface area (Å²) < 4.78 is 25.1. The predicted octanol–water partition coefficient (Wildman–Crippen LogP) is 7.57. The number of aryl methyl sites for hydroxylation is 2. The monoisotopic (exact) mass is 489 g/mol. The van der Waals surface area contributed by atoms with E-state index < -0.39 is 11.8 Å². The highest BCUT2D eigenvalue weighted by molar-refractivity contribution is 5.94. The summed E-state index contributed by atoms with van der Waals surface area (Å²) in [7, 11) is 2.07. The van der Waals surface area contributed by atoms with Crippen molar-refractivity contribution >= 4 is 17.2 Å². The van der Waals surface area contributed by atoms with E-state index in [-0.39, 0.29) is 0 Å². The second kappa shape index (κ2) is 8.88. The Hall–Kier alpha value is -3.92. The topological polar surface area (TPSA) is 26.6 Å². The second-order valence-electron chi connectivity index (χ2n) is 10.5. The maximum atomic E-state index is 9.25. The van der Waals surface area contributed by atoms with Crippen molar-refractivity contribution in [2.45, 2.75) is 52.8 Å². The van der Waals surface area contributed by atoms with Crippen molar-refractivity contribution in [2.75, 3.05) is 0 Å². The van der Waals surface area contributed by atoms with Crippen LogP contribution >= 0.6 is 0 Å². The third-order valence-corrected chi connectivity index (χ3v) is 7.45. The summed E-state index contributed by atoms with van der Waals surface area (Å²) in [5.74, 6) is 0.249. The number of aromatic nitrogens is 4. The number of hydrogen-bond donors (Lipinski definition) is 0. The largest absolute Gasteiger partial charge is 0.302 e. The minimum atomic E-state index is -0.901. The van der Waals surface area contributed by atoms with E-state index in [9.17, 15) is 2.74 Å². The first-order valence-corrected chi connectivity index (χ1v) is 12.9. The number of fused-ring (bicyclic) bond motifs is 3. The molecule has 0 spiro atoms. The summed E-state index contributed by atoms with van der Waals surface area (Å²) in [4.78, 5) is 4.92. The molecule has 1 aliphatic heterocycles. The molecule has 6 rings (SSSR count). The van der Waals surface area contributed by atoms with Crippen LogP contribution in [0, 0.1) is 6.92 Å². The molecular weight excluding hydrogens is 452 g/mol. The lowest BCUT2D eigenvalue weighted by Crippen LogP contribution is -2.29. The molecule has 186 valence electrons. The van der Waals surface area contributed by atoms with Crippen LogP contribution in [0.4, 0.5) is 0 Å². The Morgan fingerprint density at radius 1 is 0.946 bits per heavy atom. The molecule has 5 aromatic rings. The molecule has 4 nitrogen and oxygen atoms in total. The van der Waals surface area contributed by atoms with Gasteiger partial charge in [0.25, 0.3) is 5.82 Å². The summed E-state index contributed by atoms with van der Waals surface area (Å²) in [5, 5.41) is 0. The Morgan fingerprint density at radius 2 is 1.65 bits per heavy atom. The molecule has 0 atom stereocenters. The van der Waals surface area contributed by atoms with Crippen LogP contribution in [0.1, 0.15) is 64.7 Å². The van der Waals surface area contributed by atoms with Crippen LogP contribution < -0.4 is 4.57 Å². The summed E-state index contributed by atoms with van der Waals surface area (Å²) >= 11 is 0. The highest BCUT2D eigenvalue weighted by Gasteiger charge is 2.30. The quantitative estimate of drug-likeness (QED) is 0.234. The fourth-order valence-electron chi connectivity index (χ4n) is 5.60. The fraction of sp³-hybridized carbons (Fsp3) is 0.273. The van der Waals surface area contributed by atoms with Gasteiger partial charge in [0, 0.05) is 26.5 Å². The number of hydrogen-bond acceptors (Lipinski definition) is 1. The second-order valence-corrected chi connectivity index (χ2v) is 10.5. The minimum Gasteiger partial charge on any atom is -0.302 e. The Labute approximate surface area is 222 Å². The van der Waals surface area contributed by atoms with Crippen LogP contribution in [0.3, 0.4) is 0 Å². The first kappa shape index (κ1) is 21.2. The number of nitrogens with zero attached hydrogens (tertiary/aromatic N) is 4. The van der Waals surface area contributed by atoms with Gasteiger partial charge in [0.1, 0.15) is 23.9 Å². The van der Waals surface area contributed by atoms with Crippen molar-refractivity contribution in [1.82, 2.24) is 14.1 Å². The normalized spacial score (nSPS) is 14.2. The molecule has 0 radical (unpaired) electrons. The Kier molecular flexibility index (Phi) is 5.09. The molecule has 37 heavy (non-hydrogen) atoms. The predicted molar refractivity (Wildman–Crippen MR) is 153 cm³/mol. The van der Waals surface area contributed by atoms with Crippen LogP contribution in [-0.2, 0) is 13.5 Å². The highest BCUT2D eigenvalue weighted by atomic mass is 15.2. The van der Waals surface area contributed by atoms with Crippen LogP contribution in [0.15, 0.2) is 73.1 Å². The Balaban J connectivity index is 1.72. The third-order valence-electron chi connectivity index (χ3n) is 7.45. The van der Waals surface area contributed by atoms with Crippen LogP contribution in [0.5, 0.6) is 0 Å². The summed E-state index contributed by atoms with van der Waals surface area (Å²) in [6.45, 7) is 9.89. The lowest BCUT2D eigenvalue weighted by Gasteiger charge is -2.20. The molecular formula is C33H35N4+. The summed E-state index contributed by atoms with van der Waals surface area (Å²) in [6, 6.07) is 18.8. The number of allylic oxidation sites excluding steroid dienone is 1. The molecule has 0 bridgehead atoms. The molecule has 1 aliphatic rings. The summed E-state index contributed by atoms with van der Waals surface area (Å²) in [6.07, 6.45) is 9.24. The standard InChI is InChI=1S/C33H35N4/c1-21(2)26-19-25(24-11-8-7-9-12-24)20-27(22(3)4)31(26)37-18-17-35(6)33(37)30-23(5)14-15-28-32(30)36-16-10-13-29(36)34-28/h7-12,14-22H,13H2,1-6H3/q+1/i21D,22D. The molecule has 3 heterocycles. The van der Waals surface area contributed by atoms with E-state index in [1.54, 1.807) is 0 Å². The van der Waals surface area contributed by atoms with Crippen molar-refractivity contribution in [1.29, 1.82) is 0 Å². The van der Waals surface area contributed by atoms with E-state index in [1.165, 1.54) is 0 Å². The van der Waals surface area contributed by atoms with Crippen molar-refractivity contribution in [3.05, 3.63) is 95.6 Å². The first-order valence-electron chi connectivity index (χ1n) is 13.9. The van der Waals surface area contributed by atoms with E-state index in [1.807, 2.05) is 45.9 Å². The van der Waals surface area contributed by atoms with E-state index in [0.717, 1.165) is 68.2 Å². The zero-order valence-corrected chi connectivity index (χ0v) is 22.5. The molecule has 0 amide bonds. The summed E-state index contributed by atoms with van der Waals surface area (Å²) in [5.41, 5.74) is 9.12. The molecule has 2 aromatic heterocycles. The average molecular weight is 490 g/mol. The molecule has 0 unspecified atom stereocenters. The zero-order valence-electron chi connectivity index (χ0n) is 24.5. The van der Waals surface area contributed by atoms with Gasteiger partial charge in [-0.15, -0.1) is 0 Å². The molecule has 0 aliphatic carbocycles. The van der Waals surface area contributed by atoms with Crippen molar-refractivity contribution < 1.29 is 7.31 Å². The van der Waals surface area contributed by atoms with Gasteiger partial charge in [0.2, 0.25) is 0 Å². The van der Waals surface area contributed by atoms with E-state index >= 15 is 0 Å². The Morgan fingerprint density at radius 3 is 2.32 bits per heavy atom. The number of benzene rings is 3. The van der Waals surface area contributed by atoms with E-state index in [2.05, 4.69) is 88.7 Å². The molecule has 0 saturated carbocycles. The fourth-order valence-corrected chi connectivity index (χ4v) is 5.60. The van der Waals surface area contributed by atoms with Gasteiger partial charge in [-0.3, -0.25) is 0 Å². The minimum absolute atomic E-state index is 0.829. The molecule has 3 aromatic carbocycles. The average Bonchev–Trinajstić information content (AvgIpc) is 3.58. The number of imidazole rings is 2. The van der Waals surface area contributed by atoms with Gasteiger partial charge in [-0.1, -0.05) is 70.2 Å². The van der Waals surface area contributed by atoms with Gasteiger partial charge in [-0.2, -0.15) is 4.57 Å². The van der Waals surface area contributed by atoms with E-state index in [4.69, 9.17) is 4.98 Å². The van der Waals surface area contributed by atoms with Gasteiger partial charge < -0.3 is 4.57 Å².